The number of carbonyl (C=O) groups is 1. The van der Waals surface area contributed by atoms with E-state index in [4.69, 9.17) is 9.47 Å². The third-order valence-corrected chi connectivity index (χ3v) is 5.62. The summed E-state index contributed by atoms with van der Waals surface area (Å²) in [5, 5.41) is 5.46. The SMILES string of the molecule is O=C(CCc1ccc2ccccc2c1)NCc1cccc(OCCN2CCOCC2)c1. The van der Waals surface area contributed by atoms with E-state index in [1.54, 1.807) is 0 Å². The highest BCUT2D eigenvalue weighted by atomic mass is 16.5. The number of aryl methyl sites for hydroxylation is 1. The van der Waals surface area contributed by atoms with Gasteiger partial charge in [0.15, 0.2) is 0 Å². The molecule has 4 rings (SSSR count). The Hall–Kier alpha value is -2.89. The Morgan fingerprint density at radius 1 is 0.935 bits per heavy atom. The quantitative estimate of drug-likeness (QED) is 0.574. The number of nitrogens with one attached hydrogen (secondary N) is 1. The van der Waals surface area contributed by atoms with Gasteiger partial charge in [-0.1, -0.05) is 54.6 Å². The smallest absolute Gasteiger partial charge is 0.220 e. The average Bonchev–Trinajstić information content (AvgIpc) is 2.82. The molecule has 162 valence electrons. The number of benzene rings is 3. The van der Waals surface area contributed by atoms with Gasteiger partial charge in [0.2, 0.25) is 5.91 Å². The average molecular weight is 419 g/mol. The van der Waals surface area contributed by atoms with Gasteiger partial charge in [-0.3, -0.25) is 9.69 Å². The summed E-state index contributed by atoms with van der Waals surface area (Å²) in [6, 6.07) is 22.6. The van der Waals surface area contributed by atoms with E-state index < -0.39 is 0 Å². The zero-order valence-corrected chi connectivity index (χ0v) is 17.9. The summed E-state index contributed by atoms with van der Waals surface area (Å²) in [6.07, 6.45) is 1.22. The highest BCUT2D eigenvalue weighted by Gasteiger charge is 2.10. The highest BCUT2D eigenvalue weighted by Crippen LogP contribution is 2.17. The van der Waals surface area contributed by atoms with E-state index in [1.165, 1.54) is 16.3 Å². The molecule has 0 saturated carbocycles. The molecule has 0 atom stereocenters. The number of hydrogen-bond donors (Lipinski definition) is 1. The van der Waals surface area contributed by atoms with Gasteiger partial charge in [-0.25, -0.2) is 0 Å². The van der Waals surface area contributed by atoms with Gasteiger partial charge >= 0.3 is 0 Å². The van der Waals surface area contributed by atoms with Gasteiger partial charge in [-0.05, 0) is 40.5 Å². The van der Waals surface area contributed by atoms with Crippen molar-refractivity contribution in [2.45, 2.75) is 19.4 Å². The standard InChI is InChI=1S/C26H30N2O3/c29-26(11-9-21-8-10-23-5-1-2-6-24(23)18-21)27-20-22-4-3-7-25(19-22)31-17-14-28-12-15-30-16-13-28/h1-8,10,18-19H,9,11-17,20H2,(H,27,29). The van der Waals surface area contributed by atoms with E-state index in [9.17, 15) is 4.79 Å². The fraction of sp³-hybridized carbons (Fsp3) is 0.346. The molecule has 5 nitrogen and oxygen atoms in total. The van der Waals surface area contributed by atoms with E-state index in [0.29, 0.717) is 19.6 Å². The van der Waals surface area contributed by atoms with Crippen LogP contribution in [0.5, 0.6) is 5.75 Å². The Labute approximate surface area is 184 Å². The van der Waals surface area contributed by atoms with Gasteiger partial charge in [-0.15, -0.1) is 0 Å². The van der Waals surface area contributed by atoms with Crippen molar-refractivity contribution in [2.75, 3.05) is 39.5 Å². The predicted octanol–water partition coefficient (Wildman–Crippen LogP) is 3.80. The van der Waals surface area contributed by atoms with Crippen LogP contribution in [0, 0.1) is 0 Å². The van der Waals surface area contributed by atoms with Crippen LogP contribution in [0.1, 0.15) is 17.5 Å². The number of morpholine rings is 1. The van der Waals surface area contributed by atoms with Gasteiger partial charge < -0.3 is 14.8 Å². The Morgan fingerprint density at radius 2 is 1.77 bits per heavy atom. The molecular weight excluding hydrogens is 388 g/mol. The molecule has 31 heavy (non-hydrogen) atoms. The normalized spacial score (nSPS) is 14.5. The lowest BCUT2D eigenvalue weighted by molar-refractivity contribution is -0.121. The first kappa shape index (κ1) is 21.3. The fourth-order valence-electron chi connectivity index (χ4n) is 3.80. The monoisotopic (exact) mass is 418 g/mol. The van der Waals surface area contributed by atoms with Crippen LogP contribution in [0.15, 0.2) is 66.7 Å². The molecule has 1 amide bonds. The second-order valence-corrected chi connectivity index (χ2v) is 7.91. The summed E-state index contributed by atoms with van der Waals surface area (Å²) >= 11 is 0. The Bertz CT molecular complexity index is 999. The van der Waals surface area contributed by atoms with Crippen molar-refractivity contribution in [1.29, 1.82) is 0 Å². The molecule has 1 fully saturated rings. The molecule has 5 heteroatoms. The van der Waals surface area contributed by atoms with Crippen LogP contribution in [-0.2, 0) is 22.5 Å². The Morgan fingerprint density at radius 3 is 2.65 bits per heavy atom. The van der Waals surface area contributed by atoms with Crippen LogP contribution in [0.25, 0.3) is 10.8 Å². The van der Waals surface area contributed by atoms with Gasteiger partial charge in [0, 0.05) is 32.6 Å². The second-order valence-electron chi connectivity index (χ2n) is 7.91. The first-order valence-corrected chi connectivity index (χ1v) is 11.0. The molecule has 1 N–H and O–H groups in total. The van der Waals surface area contributed by atoms with Gasteiger partial charge in [-0.2, -0.15) is 0 Å². The zero-order chi connectivity index (χ0) is 21.3. The Kier molecular flexibility index (Phi) is 7.53. The van der Waals surface area contributed by atoms with Crippen LogP contribution in [-0.4, -0.2) is 50.3 Å². The Balaban J connectivity index is 1.20. The van der Waals surface area contributed by atoms with Crippen molar-refractivity contribution >= 4 is 16.7 Å². The second kappa shape index (κ2) is 10.9. The third kappa shape index (κ3) is 6.54. The van der Waals surface area contributed by atoms with Gasteiger partial charge in [0.05, 0.1) is 13.2 Å². The first-order valence-electron chi connectivity index (χ1n) is 11.0. The molecule has 1 saturated heterocycles. The predicted molar refractivity (Wildman–Crippen MR) is 123 cm³/mol. The minimum absolute atomic E-state index is 0.0618. The number of nitrogens with zero attached hydrogens (tertiary/aromatic N) is 1. The van der Waals surface area contributed by atoms with E-state index >= 15 is 0 Å². The highest BCUT2D eigenvalue weighted by molar-refractivity contribution is 5.83. The molecule has 0 radical (unpaired) electrons. The summed E-state index contributed by atoms with van der Waals surface area (Å²) < 4.78 is 11.3. The molecule has 1 heterocycles. The zero-order valence-electron chi connectivity index (χ0n) is 17.9. The minimum atomic E-state index is 0.0618. The van der Waals surface area contributed by atoms with Crippen molar-refractivity contribution in [3.63, 3.8) is 0 Å². The summed E-state index contributed by atoms with van der Waals surface area (Å²) in [7, 11) is 0. The largest absolute Gasteiger partial charge is 0.492 e. The van der Waals surface area contributed by atoms with E-state index in [2.05, 4.69) is 40.5 Å². The number of ether oxygens (including phenoxy) is 2. The molecular formula is C26H30N2O3. The number of fused-ring (bicyclic) bond motifs is 1. The summed E-state index contributed by atoms with van der Waals surface area (Å²) in [4.78, 5) is 14.7. The molecule has 0 aliphatic carbocycles. The first-order chi connectivity index (χ1) is 15.3. The van der Waals surface area contributed by atoms with Crippen molar-refractivity contribution in [2.24, 2.45) is 0 Å². The molecule has 1 aliphatic heterocycles. The van der Waals surface area contributed by atoms with E-state index in [-0.39, 0.29) is 5.91 Å². The van der Waals surface area contributed by atoms with E-state index in [0.717, 1.165) is 50.6 Å². The molecule has 0 bridgehead atoms. The number of amides is 1. The van der Waals surface area contributed by atoms with Crippen molar-refractivity contribution < 1.29 is 14.3 Å². The maximum atomic E-state index is 12.3. The van der Waals surface area contributed by atoms with Crippen LogP contribution in [0.4, 0.5) is 0 Å². The molecule has 0 spiro atoms. The molecule has 0 aromatic heterocycles. The number of hydrogen-bond acceptors (Lipinski definition) is 4. The number of carbonyl (C=O) groups excluding carboxylic acids is 1. The number of rotatable bonds is 9. The van der Waals surface area contributed by atoms with Crippen molar-refractivity contribution in [3.05, 3.63) is 77.9 Å². The summed E-state index contributed by atoms with van der Waals surface area (Å²) in [6.45, 7) is 5.60. The maximum absolute atomic E-state index is 12.3. The van der Waals surface area contributed by atoms with Gasteiger partial charge in [0.1, 0.15) is 12.4 Å². The van der Waals surface area contributed by atoms with Crippen LogP contribution in [0.3, 0.4) is 0 Å². The molecule has 1 aliphatic rings. The van der Waals surface area contributed by atoms with Gasteiger partial charge in [0.25, 0.3) is 0 Å². The topological polar surface area (TPSA) is 50.8 Å². The molecule has 0 unspecified atom stereocenters. The van der Waals surface area contributed by atoms with Crippen LogP contribution in [0.2, 0.25) is 0 Å². The van der Waals surface area contributed by atoms with Crippen LogP contribution < -0.4 is 10.1 Å². The van der Waals surface area contributed by atoms with Crippen LogP contribution >= 0.6 is 0 Å². The summed E-state index contributed by atoms with van der Waals surface area (Å²) in [5.74, 6) is 0.906. The van der Waals surface area contributed by atoms with E-state index in [1.807, 2.05) is 36.4 Å². The minimum Gasteiger partial charge on any atom is -0.492 e. The lowest BCUT2D eigenvalue weighted by Gasteiger charge is -2.26. The fourth-order valence-corrected chi connectivity index (χ4v) is 3.80. The lowest BCUT2D eigenvalue weighted by atomic mass is 10.0. The molecule has 3 aromatic rings. The summed E-state index contributed by atoms with van der Waals surface area (Å²) in [5.41, 5.74) is 2.23. The van der Waals surface area contributed by atoms with Crippen molar-refractivity contribution in [3.8, 4) is 5.75 Å². The third-order valence-electron chi connectivity index (χ3n) is 5.62. The maximum Gasteiger partial charge on any atom is 0.220 e. The lowest BCUT2D eigenvalue weighted by Crippen LogP contribution is -2.38. The van der Waals surface area contributed by atoms with Crippen molar-refractivity contribution in [1.82, 2.24) is 10.2 Å². The molecule has 3 aromatic carbocycles.